The molecule has 1 atom stereocenters. The summed E-state index contributed by atoms with van der Waals surface area (Å²) >= 11 is 0. The highest BCUT2D eigenvalue weighted by molar-refractivity contribution is 5.83. The fourth-order valence-electron chi connectivity index (χ4n) is 1.31. The normalized spacial score (nSPS) is 24.8. The zero-order valence-corrected chi connectivity index (χ0v) is 8.00. The van der Waals surface area contributed by atoms with Gasteiger partial charge in [0.2, 0.25) is 0 Å². The summed E-state index contributed by atoms with van der Waals surface area (Å²) in [6, 6.07) is 0. The standard InChI is InChI=1S/C10H14O3/c1-7(2)9-6-13-5-8(9)4-10(11)12-3/h4,9H,1,5-6H2,2-3H3/b8-4+. The maximum absolute atomic E-state index is 11.0. The van der Waals surface area contributed by atoms with Crippen LogP contribution in [0.1, 0.15) is 6.92 Å². The minimum atomic E-state index is -0.327. The first-order valence-electron chi connectivity index (χ1n) is 4.16. The van der Waals surface area contributed by atoms with Gasteiger partial charge in [0.15, 0.2) is 0 Å². The lowest BCUT2D eigenvalue weighted by Gasteiger charge is -2.08. The van der Waals surface area contributed by atoms with Crippen LogP contribution in [0, 0.1) is 5.92 Å². The predicted molar refractivity (Wildman–Crippen MR) is 49.2 cm³/mol. The van der Waals surface area contributed by atoms with Gasteiger partial charge in [0.1, 0.15) is 0 Å². The number of esters is 1. The molecule has 1 aliphatic heterocycles. The molecule has 0 aliphatic carbocycles. The average molecular weight is 182 g/mol. The topological polar surface area (TPSA) is 35.5 Å². The number of methoxy groups -OCH3 is 1. The molecule has 0 aromatic carbocycles. The Morgan fingerprint density at radius 2 is 2.46 bits per heavy atom. The molecule has 3 heteroatoms. The zero-order chi connectivity index (χ0) is 9.84. The van der Waals surface area contributed by atoms with E-state index in [4.69, 9.17) is 4.74 Å². The molecule has 1 heterocycles. The van der Waals surface area contributed by atoms with Crippen LogP contribution in [-0.4, -0.2) is 26.3 Å². The van der Waals surface area contributed by atoms with E-state index in [0.29, 0.717) is 13.2 Å². The van der Waals surface area contributed by atoms with E-state index in [2.05, 4.69) is 11.3 Å². The summed E-state index contributed by atoms with van der Waals surface area (Å²) in [6.45, 7) is 6.91. The third kappa shape index (κ3) is 2.42. The van der Waals surface area contributed by atoms with Crippen LogP contribution in [0.25, 0.3) is 0 Å². The second-order valence-electron chi connectivity index (χ2n) is 3.16. The van der Waals surface area contributed by atoms with Gasteiger partial charge in [-0.1, -0.05) is 12.2 Å². The van der Waals surface area contributed by atoms with Gasteiger partial charge in [-0.05, 0) is 12.5 Å². The maximum atomic E-state index is 11.0. The molecular formula is C10H14O3. The summed E-state index contributed by atoms with van der Waals surface area (Å²) in [5.74, 6) is -0.147. The first-order valence-corrected chi connectivity index (χ1v) is 4.16. The molecule has 0 N–H and O–H groups in total. The van der Waals surface area contributed by atoms with Crippen LogP contribution in [0.5, 0.6) is 0 Å². The van der Waals surface area contributed by atoms with Crippen molar-refractivity contribution in [2.24, 2.45) is 5.92 Å². The molecule has 0 saturated carbocycles. The lowest BCUT2D eigenvalue weighted by molar-refractivity contribution is -0.134. The molecule has 0 spiro atoms. The molecule has 3 nitrogen and oxygen atoms in total. The van der Waals surface area contributed by atoms with Gasteiger partial charge in [-0.3, -0.25) is 0 Å². The van der Waals surface area contributed by atoms with Crippen LogP contribution < -0.4 is 0 Å². The third-order valence-electron chi connectivity index (χ3n) is 2.10. The lowest BCUT2D eigenvalue weighted by atomic mass is 9.96. The Morgan fingerprint density at radius 3 is 3.00 bits per heavy atom. The minimum Gasteiger partial charge on any atom is -0.466 e. The predicted octanol–water partition coefficient (Wildman–Crippen LogP) is 1.31. The second kappa shape index (κ2) is 4.23. The van der Waals surface area contributed by atoms with Crippen LogP contribution >= 0.6 is 0 Å². The molecule has 0 radical (unpaired) electrons. The molecule has 1 unspecified atom stereocenters. The Morgan fingerprint density at radius 1 is 1.77 bits per heavy atom. The van der Waals surface area contributed by atoms with Crippen molar-refractivity contribution in [2.45, 2.75) is 6.92 Å². The van der Waals surface area contributed by atoms with Crippen LogP contribution in [0.2, 0.25) is 0 Å². The third-order valence-corrected chi connectivity index (χ3v) is 2.10. The van der Waals surface area contributed by atoms with Gasteiger partial charge in [-0.25, -0.2) is 4.79 Å². The van der Waals surface area contributed by atoms with Crippen molar-refractivity contribution in [3.8, 4) is 0 Å². The fraction of sp³-hybridized carbons (Fsp3) is 0.500. The fourth-order valence-corrected chi connectivity index (χ4v) is 1.31. The Labute approximate surface area is 78.0 Å². The molecule has 0 aromatic heterocycles. The minimum absolute atomic E-state index is 0.180. The highest BCUT2D eigenvalue weighted by Gasteiger charge is 2.22. The Bertz CT molecular complexity index is 253. The van der Waals surface area contributed by atoms with Crippen molar-refractivity contribution in [2.75, 3.05) is 20.3 Å². The van der Waals surface area contributed by atoms with Gasteiger partial charge in [0.05, 0.1) is 20.3 Å². The smallest absolute Gasteiger partial charge is 0.330 e. The summed E-state index contributed by atoms with van der Waals surface area (Å²) in [5.41, 5.74) is 1.98. The summed E-state index contributed by atoms with van der Waals surface area (Å²) in [5, 5.41) is 0. The van der Waals surface area contributed by atoms with Gasteiger partial charge < -0.3 is 9.47 Å². The number of hydrogen-bond donors (Lipinski definition) is 0. The van der Waals surface area contributed by atoms with Gasteiger partial charge in [-0.2, -0.15) is 0 Å². The molecule has 1 saturated heterocycles. The number of rotatable bonds is 2. The van der Waals surface area contributed by atoms with E-state index in [1.54, 1.807) is 0 Å². The zero-order valence-electron chi connectivity index (χ0n) is 8.00. The summed E-state index contributed by atoms with van der Waals surface area (Å²) in [7, 11) is 1.37. The van der Waals surface area contributed by atoms with Crippen LogP contribution in [0.15, 0.2) is 23.8 Å². The van der Waals surface area contributed by atoms with E-state index >= 15 is 0 Å². The number of carbonyl (C=O) groups excluding carboxylic acids is 1. The highest BCUT2D eigenvalue weighted by atomic mass is 16.5. The monoisotopic (exact) mass is 182 g/mol. The van der Waals surface area contributed by atoms with Crippen LogP contribution in [-0.2, 0) is 14.3 Å². The number of ether oxygens (including phenoxy) is 2. The molecular weight excluding hydrogens is 168 g/mol. The molecule has 13 heavy (non-hydrogen) atoms. The van der Waals surface area contributed by atoms with Gasteiger partial charge in [0.25, 0.3) is 0 Å². The van der Waals surface area contributed by atoms with Gasteiger partial charge in [0, 0.05) is 12.0 Å². The molecule has 0 amide bonds. The molecule has 0 aromatic rings. The first-order chi connectivity index (χ1) is 6.15. The average Bonchev–Trinajstić information content (AvgIpc) is 2.52. The molecule has 0 bridgehead atoms. The first kappa shape index (κ1) is 9.99. The van der Waals surface area contributed by atoms with Gasteiger partial charge >= 0.3 is 5.97 Å². The van der Waals surface area contributed by atoms with Crippen molar-refractivity contribution in [1.82, 2.24) is 0 Å². The van der Waals surface area contributed by atoms with E-state index in [1.165, 1.54) is 13.2 Å². The Kier molecular flexibility index (Phi) is 3.25. The lowest BCUT2D eigenvalue weighted by Crippen LogP contribution is -2.06. The van der Waals surface area contributed by atoms with Crippen molar-refractivity contribution in [3.63, 3.8) is 0 Å². The molecule has 1 fully saturated rings. The maximum Gasteiger partial charge on any atom is 0.330 e. The van der Waals surface area contributed by atoms with Crippen molar-refractivity contribution in [1.29, 1.82) is 0 Å². The SMILES string of the molecule is C=C(C)C1COC/C1=C\C(=O)OC. The van der Waals surface area contributed by atoms with E-state index in [1.807, 2.05) is 6.92 Å². The summed E-state index contributed by atoms with van der Waals surface area (Å²) < 4.78 is 9.78. The highest BCUT2D eigenvalue weighted by Crippen LogP contribution is 2.25. The van der Waals surface area contributed by atoms with Crippen molar-refractivity contribution in [3.05, 3.63) is 23.8 Å². The van der Waals surface area contributed by atoms with Crippen LogP contribution in [0.4, 0.5) is 0 Å². The Hall–Kier alpha value is -1.09. The number of hydrogen-bond acceptors (Lipinski definition) is 3. The largest absolute Gasteiger partial charge is 0.466 e. The van der Waals surface area contributed by atoms with Gasteiger partial charge in [-0.15, -0.1) is 0 Å². The molecule has 72 valence electrons. The van der Waals surface area contributed by atoms with E-state index < -0.39 is 0 Å². The van der Waals surface area contributed by atoms with E-state index in [-0.39, 0.29) is 11.9 Å². The summed E-state index contributed by atoms with van der Waals surface area (Å²) in [6.07, 6.45) is 1.49. The van der Waals surface area contributed by atoms with Crippen LogP contribution in [0.3, 0.4) is 0 Å². The van der Waals surface area contributed by atoms with E-state index in [0.717, 1.165) is 11.1 Å². The van der Waals surface area contributed by atoms with Crippen molar-refractivity contribution < 1.29 is 14.3 Å². The Balaban J connectivity index is 2.73. The van der Waals surface area contributed by atoms with Crippen molar-refractivity contribution >= 4 is 5.97 Å². The van der Waals surface area contributed by atoms with E-state index in [9.17, 15) is 4.79 Å². The molecule has 1 rings (SSSR count). The quantitative estimate of drug-likeness (QED) is 0.367. The number of carbonyl (C=O) groups is 1. The summed E-state index contributed by atoms with van der Waals surface area (Å²) in [4.78, 5) is 11.0. The molecule has 1 aliphatic rings. The second-order valence-corrected chi connectivity index (χ2v) is 3.16.